The number of carbonyl (C=O) groups is 2. The minimum Gasteiger partial charge on any atom is -0.380 e. The maximum atomic E-state index is 12.5. The molecule has 0 saturated heterocycles. The Morgan fingerprint density at radius 1 is 0.745 bits per heavy atom. The fraction of sp³-hybridized carbons (Fsp3) is 0.750. The van der Waals surface area contributed by atoms with Crippen LogP contribution in [-0.4, -0.2) is 93.9 Å². The zero-order valence-corrected chi connectivity index (χ0v) is 34.8. The molecule has 0 radical (unpaired) electrons. The number of anilines is 1. The van der Waals surface area contributed by atoms with E-state index in [0.717, 1.165) is 44.7 Å². The number of carbonyl (C=O) groups excluding carboxylic acids is 2. The average molecular weight is 758 g/mol. The van der Waals surface area contributed by atoms with Gasteiger partial charge in [0.05, 0.1) is 37.6 Å². The van der Waals surface area contributed by atoms with Crippen molar-refractivity contribution in [2.45, 2.75) is 112 Å². The van der Waals surface area contributed by atoms with E-state index < -0.39 is 5.60 Å². The fourth-order valence-electron chi connectivity index (χ4n) is 5.20. The van der Waals surface area contributed by atoms with Crippen molar-refractivity contribution in [2.75, 3.05) is 75.8 Å². The van der Waals surface area contributed by atoms with Crippen molar-refractivity contribution in [3.8, 4) is 0 Å². The van der Waals surface area contributed by atoms with Gasteiger partial charge in [0.25, 0.3) is 0 Å². The molecule has 294 valence electrons. The molecule has 9 nitrogen and oxygen atoms in total. The van der Waals surface area contributed by atoms with E-state index in [2.05, 4.69) is 79.4 Å². The molecule has 0 aromatic heterocycles. The van der Waals surface area contributed by atoms with E-state index in [1.54, 1.807) is 6.92 Å². The van der Waals surface area contributed by atoms with Gasteiger partial charge < -0.3 is 35.1 Å². The molecule has 0 aliphatic rings. The second kappa shape index (κ2) is 23.7. The van der Waals surface area contributed by atoms with Gasteiger partial charge in [-0.15, -0.1) is 23.2 Å². The molecule has 0 aliphatic heterocycles. The summed E-state index contributed by atoms with van der Waals surface area (Å²) in [6, 6.07) is 8.59. The summed E-state index contributed by atoms with van der Waals surface area (Å²) < 4.78 is 18.3. The number of alkyl halides is 2. The standard InChI is InChI=1S/C40H70Cl2N4O5/c1-32(2)36(48)45-24-18-39(7,8)51-28-19-40(9,10)50-27-15-35(47)44-23-17-38(5,6)31-49-30-37(3,4)16-22-43-29-33-11-13-34(14-12-33)46(25-20-41)26-21-42/h11-14,43H,1,15-31H2,2-10H3,(H,44,47)(H,45,48). The normalized spacial score (nSPS) is 12.5. The highest BCUT2D eigenvalue weighted by Crippen LogP contribution is 2.25. The first-order chi connectivity index (χ1) is 23.8. The predicted molar refractivity (Wildman–Crippen MR) is 214 cm³/mol. The maximum Gasteiger partial charge on any atom is 0.246 e. The molecule has 1 aromatic rings. The third kappa shape index (κ3) is 22.7. The Morgan fingerprint density at radius 2 is 1.27 bits per heavy atom. The van der Waals surface area contributed by atoms with Gasteiger partial charge in [0, 0.05) is 62.2 Å². The lowest BCUT2D eigenvalue weighted by molar-refractivity contribution is -0.124. The Morgan fingerprint density at radius 3 is 1.84 bits per heavy atom. The summed E-state index contributed by atoms with van der Waals surface area (Å²) in [5, 5.41) is 9.46. The van der Waals surface area contributed by atoms with Crippen LogP contribution in [0.15, 0.2) is 36.4 Å². The Hall–Kier alpha value is -1.88. The SMILES string of the molecule is C=C(C)C(=O)NCCC(C)(C)OCCC(C)(C)OCCC(=O)NCCC(C)(C)COCC(C)(C)CCNCc1ccc(N(CCCl)CCCl)cc1. The Bertz CT molecular complexity index is 1150. The van der Waals surface area contributed by atoms with E-state index >= 15 is 0 Å². The van der Waals surface area contributed by atoms with Crippen molar-refractivity contribution in [1.29, 1.82) is 0 Å². The Balaban J connectivity index is 2.24. The first-order valence-electron chi connectivity index (χ1n) is 18.5. The highest BCUT2D eigenvalue weighted by atomic mass is 35.5. The van der Waals surface area contributed by atoms with E-state index in [1.807, 2.05) is 27.7 Å². The lowest BCUT2D eigenvalue weighted by atomic mass is 9.89. The maximum absolute atomic E-state index is 12.5. The molecule has 0 atom stereocenters. The first-order valence-corrected chi connectivity index (χ1v) is 19.6. The van der Waals surface area contributed by atoms with Crippen LogP contribution in [0.5, 0.6) is 0 Å². The van der Waals surface area contributed by atoms with Crippen LogP contribution < -0.4 is 20.9 Å². The molecule has 0 aliphatic carbocycles. The molecule has 1 aromatic carbocycles. The number of amides is 2. The summed E-state index contributed by atoms with van der Waals surface area (Å²) in [6.45, 7) is 28.8. The van der Waals surface area contributed by atoms with Gasteiger partial charge in [-0.2, -0.15) is 0 Å². The topological polar surface area (TPSA) is 101 Å². The molecular weight excluding hydrogens is 687 g/mol. The second-order valence-corrected chi connectivity index (χ2v) is 17.1. The van der Waals surface area contributed by atoms with Crippen LogP contribution >= 0.6 is 23.2 Å². The second-order valence-electron chi connectivity index (χ2n) is 16.4. The molecule has 0 spiro atoms. The van der Waals surface area contributed by atoms with Crippen LogP contribution in [0, 0.1) is 10.8 Å². The molecular formula is C40H70Cl2N4O5. The highest BCUT2D eigenvalue weighted by molar-refractivity contribution is 6.18. The number of nitrogens with zero attached hydrogens (tertiary/aromatic N) is 1. The number of benzene rings is 1. The monoisotopic (exact) mass is 756 g/mol. The van der Waals surface area contributed by atoms with Gasteiger partial charge in [-0.25, -0.2) is 0 Å². The molecule has 3 N–H and O–H groups in total. The van der Waals surface area contributed by atoms with Crippen LogP contribution in [0.1, 0.15) is 100.0 Å². The molecule has 2 amide bonds. The Labute approximate surface area is 320 Å². The molecule has 51 heavy (non-hydrogen) atoms. The predicted octanol–water partition coefficient (Wildman–Crippen LogP) is 7.48. The molecule has 0 saturated carbocycles. The van der Waals surface area contributed by atoms with E-state index in [9.17, 15) is 9.59 Å². The van der Waals surface area contributed by atoms with Crippen molar-refractivity contribution >= 4 is 40.7 Å². The van der Waals surface area contributed by atoms with E-state index in [4.69, 9.17) is 37.4 Å². The third-order valence-electron chi connectivity index (χ3n) is 8.85. The number of hydrogen-bond acceptors (Lipinski definition) is 7. The van der Waals surface area contributed by atoms with Crippen molar-refractivity contribution in [1.82, 2.24) is 16.0 Å². The molecule has 0 unspecified atom stereocenters. The quantitative estimate of drug-likeness (QED) is 0.0443. The van der Waals surface area contributed by atoms with Crippen LogP contribution in [0.4, 0.5) is 5.69 Å². The van der Waals surface area contributed by atoms with Gasteiger partial charge in [0.1, 0.15) is 0 Å². The third-order valence-corrected chi connectivity index (χ3v) is 9.18. The number of hydrogen-bond donors (Lipinski definition) is 3. The van der Waals surface area contributed by atoms with Crippen molar-refractivity contribution in [3.63, 3.8) is 0 Å². The highest BCUT2D eigenvalue weighted by Gasteiger charge is 2.25. The van der Waals surface area contributed by atoms with Gasteiger partial charge in [-0.1, -0.05) is 46.4 Å². The van der Waals surface area contributed by atoms with Crippen LogP contribution in [0.3, 0.4) is 0 Å². The van der Waals surface area contributed by atoms with Gasteiger partial charge in [0.2, 0.25) is 11.8 Å². The first kappa shape index (κ1) is 47.1. The smallest absolute Gasteiger partial charge is 0.246 e. The number of rotatable bonds is 29. The van der Waals surface area contributed by atoms with Gasteiger partial charge >= 0.3 is 0 Å². The lowest BCUT2D eigenvalue weighted by Crippen LogP contribution is -2.35. The number of halogens is 2. The molecule has 11 heteroatoms. The van der Waals surface area contributed by atoms with E-state index in [0.29, 0.717) is 76.1 Å². The minimum absolute atomic E-state index is 0.0131. The van der Waals surface area contributed by atoms with Crippen LogP contribution in [0.25, 0.3) is 0 Å². The molecule has 0 fully saturated rings. The van der Waals surface area contributed by atoms with E-state index in [1.165, 1.54) is 5.56 Å². The summed E-state index contributed by atoms with van der Waals surface area (Å²) in [5.74, 6) is 1.00. The Kier molecular flexibility index (Phi) is 21.9. The van der Waals surface area contributed by atoms with Crippen molar-refractivity contribution in [2.24, 2.45) is 10.8 Å². The fourth-order valence-corrected chi connectivity index (χ4v) is 5.61. The summed E-state index contributed by atoms with van der Waals surface area (Å²) in [4.78, 5) is 26.4. The molecule has 0 bridgehead atoms. The summed E-state index contributed by atoms with van der Waals surface area (Å²) in [7, 11) is 0. The largest absolute Gasteiger partial charge is 0.380 e. The lowest BCUT2D eigenvalue weighted by Gasteiger charge is -2.30. The van der Waals surface area contributed by atoms with Crippen molar-refractivity contribution < 1.29 is 23.8 Å². The zero-order chi connectivity index (χ0) is 38.6. The number of nitrogens with one attached hydrogen (secondary N) is 3. The average Bonchev–Trinajstić information content (AvgIpc) is 3.02. The molecule has 1 rings (SSSR count). The van der Waals surface area contributed by atoms with Crippen LogP contribution in [-0.2, 0) is 30.3 Å². The minimum atomic E-state index is -0.419. The summed E-state index contributed by atoms with van der Waals surface area (Å²) in [5.41, 5.74) is 2.08. The summed E-state index contributed by atoms with van der Waals surface area (Å²) >= 11 is 11.9. The molecule has 0 heterocycles. The van der Waals surface area contributed by atoms with Gasteiger partial charge in [-0.05, 0) is 95.4 Å². The van der Waals surface area contributed by atoms with Gasteiger partial charge in [-0.3, -0.25) is 9.59 Å². The number of ether oxygens (including phenoxy) is 3. The van der Waals surface area contributed by atoms with E-state index in [-0.39, 0.29) is 28.2 Å². The van der Waals surface area contributed by atoms with Crippen molar-refractivity contribution in [3.05, 3.63) is 42.0 Å². The summed E-state index contributed by atoms with van der Waals surface area (Å²) in [6.07, 6.45) is 3.52. The van der Waals surface area contributed by atoms with Crippen LogP contribution in [0.2, 0.25) is 0 Å². The zero-order valence-electron chi connectivity index (χ0n) is 33.3. The van der Waals surface area contributed by atoms with Gasteiger partial charge in [0.15, 0.2) is 0 Å².